The number of hydrogen-bond donors (Lipinski definition) is 2. The van der Waals surface area contributed by atoms with Crippen molar-refractivity contribution in [2.75, 3.05) is 0 Å². The first-order valence-corrected chi connectivity index (χ1v) is 10.2. The second-order valence-electron chi connectivity index (χ2n) is 9.66. The molecule has 1 heterocycles. The normalized spacial score (nSPS) is 13.6. The molecule has 0 amide bonds. The predicted molar refractivity (Wildman–Crippen MR) is 122 cm³/mol. The molecule has 2 aromatic carbocycles. The van der Waals surface area contributed by atoms with Crippen molar-refractivity contribution >= 4 is 10.8 Å². The van der Waals surface area contributed by atoms with Crippen molar-refractivity contribution in [2.45, 2.75) is 60.2 Å². The fourth-order valence-corrected chi connectivity index (χ4v) is 2.79. The zero-order valence-electron chi connectivity index (χ0n) is 18.8. The molecule has 0 aliphatic rings. The van der Waals surface area contributed by atoms with E-state index in [1.54, 1.807) is 0 Å². The van der Waals surface area contributed by atoms with Gasteiger partial charge in [-0.2, -0.15) is 0 Å². The number of aromatic nitrogens is 1. The van der Waals surface area contributed by atoms with Crippen LogP contribution in [0.5, 0.6) is 0 Å². The Kier molecular flexibility index (Phi) is 9.84. The maximum Gasteiger partial charge on any atom is 0.0613 e. The van der Waals surface area contributed by atoms with Crippen LogP contribution < -0.4 is 0 Å². The van der Waals surface area contributed by atoms with Crippen LogP contribution in [0.15, 0.2) is 60.8 Å². The first-order valence-electron chi connectivity index (χ1n) is 10.2. The second-order valence-corrected chi connectivity index (χ2v) is 9.66. The minimum absolute atomic E-state index is 0. The van der Waals surface area contributed by atoms with Crippen LogP contribution in [-0.2, 0) is 20.1 Å². The Balaban J connectivity index is 0.000000299. The molecule has 4 heteroatoms. The number of benzene rings is 2. The van der Waals surface area contributed by atoms with Crippen LogP contribution in [0.3, 0.4) is 0 Å². The topological polar surface area (TPSA) is 53.4 Å². The van der Waals surface area contributed by atoms with E-state index >= 15 is 0 Å². The first kappa shape index (κ1) is 26.5. The minimum atomic E-state index is -0.443. The van der Waals surface area contributed by atoms with E-state index in [-0.39, 0.29) is 30.9 Å². The van der Waals surface area contributed by atoms with Crippen LogP contribution in [0.1, 0.15) is 48.0 Å². The summed E-state index contributed by atoms with van der Waals surface area (Å²) in [6.45, 7) is 11.9. The number of fused-ring (bicyclic) bond motifs is 1. The molecule has 30 heavy (non-hydrogen) atoms. The number of aliphatic hydroxyl groups excluding tert-OH is 2. The molecule has 3 aromatic rings. The molecule has 0 saturated heterocycles. The summed E-state index contributed by atoms with van der Waals surface area (Å²) in [7, 11) is 0. The smallest absolute Gasteiger partial charge is 0.0613 e. The molecular weight excluding hydrogens is 551 g/mol. The Bertz CT molecular complexity index is 875. The van der Waals surface area contributed by atoms with Gasteiger partial charge in [-0.1, -0.05) is 65.8 Å². The quantitative estimate of drug-likeness (QED) is 0.378. The van der Waals surface area contributed by atoms with E-state index in [1.165, 1.54) is 10.8 Å². The van der Waals surface area contributed by atoms with Gasteiger partial charge < -0.3 is 15.2 Å². The second kappa shape index (κ2) is 11.2. The average Bonchev–Trinajstić information content (AvgIpc) is 2.67. The van der Waals surface area contributed by atoms with E-state index < -0.39 is 12.2 Å². The third-order valence-corrected chi connectivity index (χ3v) is 5.08. The van der Waals surface area contributed by atoms with Gasteiger partial charge in [-0.3, -0.25) is 0 Å². The van der Waals surface area contributed by atoms with Crippen molar-refractivity contribution in [3.8, 4) is 11.3 Å². The van der Waals surface area contributed by atoms with Gasteiger partial charge in [-0.15, -0.1) is 35.9 Å². The van der Waals surface area contributed by atoms with Crippen molar-refractivity contribution < 1.29 is 30.3 Å². The van der Waals surface area contributed by atoms with Gasteiger partial charge in [-0.25, -0.2) is 0 Å². The van der Waals surface area contributed by atoms with Gasteiger partial charge in [0.05, 0.1) is 12.2 Å². The summed E-state index contributed by atoms with van der Waals surface area (Å²) < 4.78 is 0. The molecular formula is C26H34IrNO2-. The number of rotatable bonds is 3. The molecule has 165 valence electrons. The van der Waals surface area contributed by atoms with E-state index in [9.17, 15) is 10.2 Å². The third-order valence-electron chi connectivity index (χ3n) is 5.08. The number of pyridine rings is 1. The summed E-state index contributed by atoms with van der Waals surface area (Å²) in [4.78, 5) is 4.45. The molecule has 2 atom stereocenters. The molecule has 1 aromatic heterocycles. The van der Waals surface area contributed by atoms with Crippen molar-refractivity contribution in [1.29, 1.82) is 0 Å². The number of nitrogens with zero attached hydrogens (tertiary/aromatic N) is 1. The fourth-order valence-electron chi connectivity index (χ4n) is 2.79. The average molecular weight is 585 g/mol. The Morgan fingerprint density at radius 1 is 0.833 bits per heavy atom. The molecule has 3 rings (SSSR count). The number of hydrogen-bond acceptors (Lipinski definition) is 3. The zero-order chi connectivity index (χ0) is 21.7. The van der Waals surface area contributed by atoms with Gasteiger partial charge in [0.1, 0.15) is 0 Å². The summed E-state index contributed by atoms with van der Waals surface area (Å²) in [5.41, 5.74) is 1.75. The fraction of sp³-hybridized carbons (Fsp3) is 0.423. The van der Waals surface area contributed by atoms with Crippen molar-refractivity contribution in [3.63, 3.8) is 0 Å². The molecule has 2 N–H and O–H groups in total. The standard InChI is InChI=1S/C15H10N.C11H24O2.Ir/c1-2-7-13(8-3-1)15-14-9-5-4-6-12(14)10-11-16-15;1-10(2,3)8(12)7-9(13)11(4,5)6;/h1-7,9-11H;8-9,12-13H,7H2,1-6H3;/q-1;;. The van der Waals surface area contributed by atoms with Gasteiger partial charge in [-0.05, 0) is 33.4 Å². The van der Waals surface area contributed by atoms with Crippen LogP contribution >= 0.6 is 0 Å². The monoisotopic (exact) mass is 585 g/mol. The summed E-state index contributed by atoms with van der Waals surface area (Å²) in [5, 5.41) is 21.9. The van der Waals surface area contributed by atoms with E-state index in [0.717, 1.165) is 11.3 Å². The first-order chi connectivity index (χ1) is 13.5. The Morgan fingerprint density at radius 3 is 1.93 bits per heavy atom. The van der Waals surface area contributed by atoms with Gasteiger partial charge in [0, 0.05) is 32.7 Å². The molecule has 0 fully saturated rings. The maximum absolute atomic E-state index is 9.76. The molecule has 2 unspecified atom stereocenters. The van der Waals surface area contributed by atoms with Crippen LogP contribution in [0.2, 0.25) is 0 Å². The molecule has 0 aliphatic carbocycles. The summed E-state index contributed by atoms with van der Waals surface area (Å²) in [6, 6.07) is 21.4. The molecule has 1 radical (unpaired) electrons. The Morgan fingerprint density at radius 2 is 1.40 bits per heavy atom. The van der Waals surface area contributed by atoms with Crippen LogP contribution in [0.4, 0.5) is 0 Å². The van der Waals surface area contributed by atoms with E-state index in [0.29, 0.717) is 6.42 Å². The van der Waals surface area contributed by atoms with Crippen LogP contribution in [0, 0.1) is 16.9 Å². The SMILES string of the molecule is CC(C)(C)C(O)CC(O)C(C)(C)C.[Ir].[c-]1ccccc1-c1nccc2ccccc12. The van der Waals surface area contributed by atoms with Crippen molar-refractivity contribution in [2.24, 2.45) is 10.8 Å². The largest absolute Gasteiger partial charge is 0.392 e. The number of aliphatic hydroxyl groups is 2. The Labute approximate surface area is 194 Å². The molecule has 0 aliphatic heterocycles. The molecule has 0 bridgehead atoms. The van der Waals surface area contributed by atoms with Crippen molar-refractivity contribution in [1.82, 2.24) is 4.98 Å². The molecule has 3 nitrogen and oxygen atoms in total. The van der Waals surface area contributed by atoms with Crippen LogP contribution in [0.25, 0.3) is 22.0 Å². The van der Waals surface area contributed by atoms with Gasteiger partial charge >= 0.3 is 0 Å². The molecule has 0 saturated carbocycles. The minimum Gasteiger partial charge on any atom is -0.392 e. The van der Waals surface area contributed by atoms with Gasteiger partial charge in [0.2, 0.25) is 0 Å². The molecule has 0 spiro atoms. The van der Waals surface area contributed by atoms with E-state index in [1.807, 2.05) is 90.2 Å². The van der Waals surface area contributed by atoms with E-state index in [2.05, 4.69) is 23.2 Å². The predicted octanol–water partition coefficient (Wildman–Crippen LogP) is 5.89. The Hall–Kier alpha value is -1.58. The van der Waals surface area contributed by atoms with Crippen LogP contribution in [-0.4, -0.2) is 27.4 Å². The maximum atomic E-state index is 9.76. The summed E-state index contributed by atoms with van der Waals surface area (Å²) in [5.74, 6) is 0. The van der Waals surface area contributed by atoms with Gasteiger partial charge in [0.15, 0.2) is 0 Å². The summed E-state index contributed by atoms with van der Waals surface area (Å²) in [6.07, 6.45) is 1.41. The van der Waals surface area contributed by atoms with E-state index in [4.69, 9.17) is 0 Å². The summed E-state index contributed by atoms with van der Waals surface area (Å²) >= 11 is 0. The van der Waals surface area contributed by atoms with Gasteiger partial charge in [0.25, 0.3) is 0 Å². The third kappa shape index (κ3) is 7.59. The van der Waals surface area contributed by atoms with Crippen molar-refractivity contribution in [3.05, 3.63) is 66.9 Å². The zero-order valence-corrected chi connectivity index (χ0v) is 21.2.